The number of piperidine rings is 1. The number of rotatable bonds is 4. The van der Waals surface area contributed by atoms with Gasteiger partial charge >= 0.3 is 5.97 Å². The lowest BCUT2D eigenvalue weighted by molar-refractivity contribution is -0.147. The number of nitrogens with zero attached hydrogens (tertiary/aromatic N) is 2. The van der Waals surface area contributed by atoms with E-state index in [-0.39, 0.29) is 11.9 Å². The highest BCUT2D eigenvalue weighted by Gasteiger charge is 2.26. The van der Waals surface area contributed by atoms with E-state index < -0.39 is 0 Å². The van der Waals surface area contributed by atoms with Crippen molar-refractivity contribution in [1.29, 1.82) is 0 Å². The van der Waals surface area contributed by atoms with E-state index in [0.29, 0.717) is 22.3 Å². The monoisotopic (exact) mass is 368 g/mol. The Morgan fingerprint density at radius 3 is 2.75 bits per heavy atom. The van der Waals surface area contributed by atoms with Crippen molar-refractivity contribution < 1.29 is 14.1 Å². The molecule has 0 saturated carbocycles. The summed E-state index contributed by atoms with van der Waals surface area (Å²) in [4.78, 5) is 13.8. The van der Waals surface area contributed by atoms with Crippen LogP contribution in [0.25, 0.3) is 11.3 Å². The van der Waals surface area contributed by atoms with E-state index in [1.165, 1.54) is 7.11 Å². The zero-order chi connectivity index (χ0) is 17.1. The molecule has 5 nitrogen and oxygen atoms in total. The number of ether oxygens (including phenoxy) is 1. The largest absolute Gasteiger partial charge is 0.469 e. The van der Waals surface area contributed by atoms with E-state index in [0.717, 1.165) is 37.3 Å². The van der Waals surface area contributed by atoms with Gasteiger partial charge in [0.05, 0.1) is 24.6 Å². The van der Waals surface area contributed by atoms with Crippen LogP contribution < -0.4 is 0 Å². The molecule has 7 heteroatoms. The molecule has 0 N–H and O–H groups in total. The van der Waals surface area contributed by atoms with Crippen molar-refractivity contribution >= 4 is 29.2 Å². The normalized spacial score (nSPS) is 16.3. The van der Waals surface area contributed by atoms with Gasteiger partial charge in [0.25, 0.3) is 0 Å². The summed E-state index contributed by atoms with van der Waals surface area (Å²) in [7, 11) is 1.44. The van der Waals surface area contributed by atoms with Gasteiger partial charge in [-0.3, -0.25) is 9.69 Å². The van der Waals surface area contributed by atoms with Crippen LogP contribution >= 0.6 is 23.2 Å². The highest BCUT2D eigenvalue weighted by Crippen LogP contribution is 2.30. The molecule has 2 heterocycles. The van der Waals surface area contributed by atoms with Crippen LogP contribution in [-0.2, 0) is 16.1 Å². The molecule has 1 aromatic heterocycles. The quantitative estimate of drug-likeness (QED) is 0.762. The fourth-order valence-corrected chi connectivity index (χ4v) is 3.43. The molecule has 1 aliphatic heterocycles. The van der Waals surface area contributed by atoms with Gasteiger partial charge in [0.15, 0.2) is 5.76 Å². The number of hydrogen-bond acceptors (Lipinski definition) is 5. The molecule has 2 aromatic rings. The first kappa shape index (κ1) is 17.3. The van der Waals surface area contributed by atoms with Crippen molar-refractivity contribution in [3.63, 3.8) is 0 Å². The number of benzene rings is 1. The minimum Gasteiger partial charge on any atom is -0.469 e. The van der Waals surface area contributed by atoms with E-state index in [1.807, 2.05) is 12.1 Å². The molecule has 1 aliphatic rings. The molecule has 0 unspecified atom stereocenters. The van der Waals surface area contributed by atoms with Gasteiger partial charge < -0.3 is 9.26 Å². The summed E-state index contributed by atoms with van der Waals surface area (Å²) in [5, 5.41) is 5.22. The standard InChI is InChI=1S/C17H18Cl2N2O3/c1-23-17(22)11-4-6-21(7-5-11)10-13-9-16(20-24-13)14-3-2-12(18)8-15(14)19/h2-3,8-9,11H,4-7,10H2,1H3. The van der Waals surface area contributed by atoms with Crippen molar-refractivity contribution in [2.75, 3.05) is 20.2 Å². The molecule has 0 aliphatic carbocycles. The average molecular weight is 369 g/mol. The molecule has 24 heavy (non-hydrogen) atoms. The minimum absolute atomic E-state index is 0.00408. The molecule has 1 fully saturated rings. The molecule has 1 saturated heterocycles. The molecule has 128 valence electrons. The Balaban J connectivity index is 1.62. The first-order chi connectivity index (χ1) is 11.6. The van der Waals surface area contributed by atoms with Crippen molar-refractivity contribution in [2.45, 2.75) is 19.4 Å². The first-order valence-electron chi connectivity index (χ1n) is 7.78. The Kier molecular flexibility index (Phi) is 5.43. The third-order valence-electron chi connectivity index (χ3n) is 4.27. The van der Waals surface area contributed by atoms with E-state index in [4.69, 9.17) is 32.5 Å². The van der Waals surface area contributed by atoms with E-state index in [1.54, 1.807) is 12.1 Å². The number of likely N-dealkylation sites (tertiary alicyclic amines) is 1. The van der Waals surface area contributed by atoms with Crippen molar-refractivity contribution in [3.8, 4) is 11.3 Å². The maximum Gasteiger partial charge on any atom is 0.308 e. The van der Waals surface area contributed by atoms with Crippen LogP contribution in [0.15, 0.2) is 28.8 Å². The van der Waals surface area contributed by atoms with Gasteiger partial charge in [-0.15, -0.1) is 0 Å². The van der Waals surface area contributed by atoms with Crippen molar-refractivity contribution in [1.82, 2.24) is 10.1 Å². The summed E-state index contributed by atoms with van der Waals surface area (Å²) >= 11 is 12.1. The van der Waals surface area contributed by atoms with Gasteiger partial charge in [-0.05, 0) is 44.1 Å². The summed E-state index contributed by atoms with van der Waals surface area (Å²) in [6.07, 6.45) is 1.60. The van der Waals surface area contributed by atoms with Crippen LogP contribution in [0.5, 0.6) is 0 Å². The number of carbonyl (C=O) groups excluding carboxylic acids is 1. The highest BCUT2D eigenvalue weighted by molar-refractivity contribution is 6.36. The van der Waals surface area contributed by atoms with Crippen molar-refractivity contribution in [2.24, 2.45) is 5.92 Å². The predicted octanol–water partition coefficient (Wildman–Crippen LogP) is 4.03. The Labute approximate surface area is 150 Å². The van der Waals surface area contributed by atoms with Gasteiger partial charge in [0.2, 0.25) is 0 Å². The number of esters is 1. The Morgan fingerprint density at radius 2 is 2.08 bits per heavy atom. The zero-order valence-corrected chi connectivity index (χ0v) is 14.8. The number of hydrogen-bond donors (Lipinski definition) is 0. The second-order valence-corrected chi connectivity index (χ2v) is 6.72. The summed E-state index contributed by atoms with van der Waals surface area (Å²) in [5.74, 6) is 0.658. The fourth-order valence-electron chi connectivity index (χ4n) is 2.93. The molecule has 0 amide bonds. The molecular formula is C17H18Cl2N2O3. The molecule has 1 aromatic carbocycles. The van der Waals surface area contributed by atoms with Crippen LogP contribution in [0.1, 0.15) is 18.6 Å². The lowest BCUT2D eigenvalue weighted by atomic mass is 9.97. The lowest BCUT2D eigenvalue weighted by Crippen LogP contribution is -2.36. The van der Waals surface area contributed by atoms with E-state index in [2.05, 4.69) is 10.1 Å². The summed E-state index contributed by atoms with van der Waals surface area (Å²) in [5.41, 5.74) is 1.48. The Hall–Kier alpha value is -1.56. The second kappa shape index (κ2) is 7.55. The first-order valence-corrected chi connectivity index (χ1v) is 8.53. The van der Waals surface area contributed by atoms with Gasteiger partial charge in [0, 0.05) is 16.7 Å². The second-order valence-electron chi connectivity index (χ2n) is 5.88. The van der Waals surface area contributed by atoms with Gasteiger partial charge in [-0.1, -0.05) is 28.4 Å². The van der Waals surface area contributed by atoms with Crippen LogP contribution in [-0.4, -0.2) is 36.2 Å². The van der Waals surface area contributed by atoms with Crippen LogP contribution in [0.3, 0.4) is 0 Å². The Morgan fingerprint density at radius 1 is 1.33 bits per heavy atom. The van der Waals surface area contributed by atoms with Crippen LogP contribution in [0.4, 0.5) is 0 Å². The number of halogens is 2. The van der Waals surface area contributed by atoms with Gasteiger partial charge in [-0.2, -0.15) is 0 Å². The topological polar surface area (TPSA) is 55.6 Å². The molecule has 0 bridgehead atoms. The van der Waals surface area contributed by atoms with E-state index in [9.17, 15) is 4.79 Å². The third kappa shape index (κ3) is 3.91. The maximum absolute atomic E-state index is 11.6. The molecule has 0 atom stereocenters. The molecule has 0 spiro atoms. The highest BCUT2D eigenvalue weighted by atomic mass is 35.5. The lowest BCUT2D eigenvalue weighted by Gasteiger charge is -2.29. The molecular weight excluding hydrogens is 351 g/mol. The summed E-state index contributed by atoms with van der Waals surface area (Å²) in [6, 6.07) is 7.18. The number of aromatic nitrogens is 1. The summed E-state index contributed by atoms with van der Waals surface area (Å²) < 4.78 is 10.2. The number of methoxy groups -OCH3 is 1. The third-order valence-corrected chi connectivity index (χ3v) is 4.82. The van der Waals surface area contributed by atoms with Gasteiger partial charge in [-0.25, -0.2) is 0 Å². The average Bonchev–Trinajstić information content (AvgIpc) is 3.03. The molecule has 3 rings (SSSR count). The van der Waals surface area contributed by atoms with Crippen LogP contribution in [0.2, 0.25) is 10.0 Å². The molecule has 0 radical (unpaired) electrons. The zero-order valence-electron chi connectivity index (χ0n) is 13.3. The maximum atomic E-state index is 11.6. The minimum atomic E-state index is -0.117. The Bertz CT molecular complexity index is 724. The summed E-state index contributed by atoms with van der Waals surface area (Å²) in [6.45, 7) is 2.32. The fraction of sp³-hybridized carbons (Fsp3) is 0.412. The van der Waals surface area contributed by atoms with Crippen molar-refractivity contribution in [3.05, 3.63) is 40.1 Å². The van der Waals surface area contributed by atoms with Crippen LogP contribution in [0, 0.1) is 5.92 Å². The van der Waals surface area contributed by atoms with E-state index >= 15 is 0 Å². The van der Waals surface area contributed by atoms with Gasteiger partial charge in [0.1, 0.15) is 5.69 Å². The smallest absolute Gasteiger partial charge is 0.308 e. The predicted molar refractivity (Wildman–Crippen MR) is 92.0 cm³/mol. The number of carbonyl (C=O) groups is 1. The SMILES string of the molecule is COC(=O)C1CCN(Cc2cc(-c3ccc(Cl)cc3Cl)no2)CC1.